The van der Waals surface area contributed by atoms with Crippen LogP contribution in [0.4, 0.5) is 0 Å². The number of fused-ring (bicyclic) bond motifs is 1. The lowest BCUT2D eigenvalue weighted by Crippen LogP contribution is -2.40. The first-order chi connectivity index (χ1) is 9.66. The van der Waals surface area contributed by atoms with Crippen LogP contribution in [0, 0.1) is 6.92 Å². The van der Waals surface area contributed by atoms with Crippen LogP contribution in [0.5, 0.6) is 0 Å². The minimum atomic E-state index is -0.165. The SMILES string of the molecule is Cc1c(C(=O)N[C@H](C)[C@@H]2CCCO2)oc2ccccc12. The van der Waals surface area contributed by atoms with Gasteiger partial charge in [-0.05, 0) is 32.8 Å². The molecule has 2 heterocycles. The summed E-state index contributed by atoms with van der Waals surface area (Å²) in [7, 11) is 0. The Kier molecular flexibility index (Phi) is 3.49. The summed E-state index contributed by atoms with van der Waals surface area (Å²) in [5.41, 5.74) is 1.64. The molecule has 106 valence electrons. The summed E-state index contributed by atoms with van der Waals surface area (Å²) in [4.78, 5) is 12.3. The highest BCUT2D eigenvalue weighted by Crippen LogP contribution is 2.25. The van der Waals surface area contributed by atoms with Gasteiger partial charge in [-0.3, -0.25) is 4.79 Å². The maximum absolute atomic E-state index is 12.3. The zero-order chi connectivity index (χ0) is 14.1. The van der Waals surface area contributed by atoms with Gasteiger partial charge in [0, 0.05) is 17.6 Å². The monoisotopic (exact) mass is 273 g/mol. The maximum Gasteiger partial charge on any atom is 0.287 e. The molecule has 3 rings (SSSR count). The number of hydrogen-bond acceptors (Lipinski definition) is 3. The summed E-state index contributed by atoms with van der Waals surface area (Å²) in [6, 6.07) is 7.69. The topological polar surface area (TPSA) is 51.5 Å². The van der Waals surface area contributed by atoms with Gasteiger partial charge < -0.3 is 14.5 Å². The molecule has 1 saturated heterocycles. The molecule has 1 N–H and O–H groups in total. The first-order valence-corrected chi connectivity index (χ1v) is 7.07. The van der Waals surface area contributed by atoms with Crippen LogP contribution in [0.25, 0.3) is 11.0 Å². The molecule has 1 aliphatic heterocycles. The summed E-state index contributed by atoms with van der Waals surface area (Å²) in [5.74, 6) is 0.234. The summed E-state index contributed by atoms with van der Waals surface area (Å²) >= 11 is 0. The molecule has 1 fully saturated rings. The van der Waals surface area contributed by atoms with Crippen molar-refractivity contribution in [1.29, 1.82) is 0 Å². The summed E-state index contributed by atoms with van der Waals surface area (Å²) in [6.07, 6.45) is 2.18. The highest BCUT2D eigenvalue weighted by molar-refractivity contribution is 5.99. The van der Waals surface area contributed by atoms with Gasteiger partial charge in [-0.1, -0.05) is 18.2 Å². The average Bonchev–Trinajstić information content (AvgIpc) is 3.07. The molecule has 20 heavy (non-hydrogen) atoms. The normalized spacial score (nSPS) is 20.2. The molecule has 1 aliphatic rings. The van der Waals surface area contributed by atoms with Crippen molar-refractivity contribution >= 4 is 16.9 Å². The molecule has 0 aliphatic carbocycles. The number of para-hydroxylation sites is 1. The predicted octanol–water partition coefficient (Wildman–Crippen LogP) is 3.04. The third-order valence-electron chi connectivity index (χ3n) is 3.93. The van der Waals surface area contributed by atoms with E-state index in [0.29, 0.717) is 5.76 Å². The molecular formula is C16H19NO3. The molecule has 4 heteroatoms. The Hall–Kier alpha value is -1.81. The van der Waals surface area contributed by atoms with Gasteiger partial charge in [-0.15, -0.1) is 0 Å². The lowest BCUT2D eigenvalue weighted by Gasteiger charge is -2.19. The second kappa shape index (κ2) is 5.29. The van der Waals surface area contributed by atoms with E-state index in [2.05, 4.69) is 5.32 Å². The van der Waals surface area contributed by atoms with E-state index in [1.165, 1.54) is 0 Å². The van der Waals surface area contributed by atoms with Crippen molar-refractivity contribution in [3.63, 3.8) is 0 Å². The van der Waals surface area contributed by atoms with E-state index in [1.54, 1.807) is 0 Å². The number of hydrogen-bond donors (Lipinski definition) is 1. The van der Waals surface area contributed by atoms with Gasteiger partial charge in [0.05, 0.1) is 12.1 Å². The number of amides is 1. The van der Waals surface area contributed by atoms with E-state index in [-0.39, 0.29) is 18.1 Å². The molecule has 1 aromatic carbocycles. The summed E-state index contributed by atoms with van der Waals surface area (Å²) in [5, 5.41) is 3.97. The fourth-order valence-corrected chi connectivity index (χ4v) is 2.75. The zero-order valence-corrected chi connectivity index (χ0v) is 11.8. The van der Waals surface area contributed by atoms with E-state index in [0.717, 1.165) is 36.0 Å². The highest BCUT2D eigenvalue weighted by atomic mass is 16.5. The molecule has 0 saturated carbocycles. The predicted molar refractivity (Wildman–Crippen MR) is 76.9 cm³/mol. The number of benzene rings is 1. The molecule has 4 nitrogen and oxygen atoms in total. The van der Waals surface area contributed by atoms with Crippen LogP contribution in [-0.4, -0.2) is 24.7 Å². The van der Waals surface area contributed by atoms with Crippen LogP contribution >= 0.6 is 0 Å². The Labute approximate surface area is 118 Å². The smallest absolute Gasteiger partial charge is 0.287 e. The minimum Gasteiger partial charge on any atom is -0.451 e. The third kappa shape index (κ3) is 2.31. The number of aryl methyl sites for hydroxylation is 1. The molecule has 0 bridgehead atoms. The van der Waals surface area contributed by atoms with Crippen molar-refractivity contribution in [1.82, 2.24) is 5.32 Å². The van der Waals surface area contributed by atoms with Crippen molar-refractivity contribution in [2.24, 2.45) is 0 Å². The molecule has 1 amide bonds. The lowest BCUT2D eigenvalue weighted by atomic mass is 10.1. The van der Waals surface area contributed by atoms with Crippen molar-refractivity contribution in [3.05, 3.63) is 35.6 Å². The second-order valence-corrected chi connectivity index (χ2v) is 5.37. The number of furan rings is 1. The molecule has 0 spiro atoms. The van der Waals surface area contributed by atoms with Crippen LogP contribution in [0.2, 0.25) is 0 Å². The number of nitrogens with one attached hydrogen (secondary N) is 1. The first kappa shape index (κ1) is 13.2. The van der Waals surface area contributed by atoms with Crippen LogP contribution in [0.3, 0.4) is 0 Å². The van der Waals surface area contributed by atoms with Gasteiger partial charge in [0.2, 0.25) is 0 Å². The highest BCUT2D eigenvalue weighted by Gasteiger charge is 2.26. The molecule has 2 atom stereocenters. The van der Waals surface area contributed by atoms with E-state index in [1.807, 2.05) is 38.1 Å². The van der Waals surface area contributed by atoms with Crippen molar-refractivity contribution < 1.29 is 13.9 Å². The Morgan fingerprint density at radius 3 is 2.90 bits per heavy atom. The minimum absolute atomic E-state index is 0.00221. The van der Waals surface area contributed by atoms with Crippen LogP contribution in [-0.2, 0) is 4.74 Å². The standard InChI is InChI=1S/C16H19NO3/c1-10-12-6-3-4-7-14(12)20-15(10)16(18)17-11(2)13-8-5-9-19-13/h3-4,6-7,11,13H,5,8-9H2,1-2H3,(H,17,18)/t11-,13+/m1/s1. The average molecular weight is 273 g/mol. The Morgan fingerprint density at radius 2 is 2.20 bits per heavy atom. The molecule has 0 unspecified atom stereocenters. The van der Waals surface area contributed by atoms with E-state index in [9.17, 15) is 4.79 Å². The zero-order valence-electron chi connectivity index (χ0n) is 11.8. The molecule has 2 aromatic rings. The number of carbonyl (C=O) groups is 1. The number of rotatable bonds is 3. The summed E-state index contributed by atoms with van der Waals surface area (Å²) < 4.78 is 11.3. The Morgan fingerprint density at radius 1 is 1.40 bits per heavy atom. The Balaban J connectivity index is 1.80. The first-order valence-electron chi connectivity index (χ1n) is 7.07. The Bertz CT molecular complexity index is 626. The molecule has 1 aromatic heterocycles. The number of ether oxygens (including phenoxy) is 1. The largest absolute Gasteiger partial charge is 0.451 e. The summed E-state index contributed by atoms with van der Waals surface area (Å²) in [6.45, 7) is 4.68. The van der Waals surface area contributed by atoms with Crippen molar-refractivity contribution in [2.75, 3.05) is 6.61 Å². The fourth-order valence-electron chi connectivity index (χ4n) is 2.75. The number of carbonyl (C=O) groups excluding carboxylic acids is 1. The van der Waals surface area contributed by atoms with Crippen LogP contribution in [0.1, 0.15) is 35.9 Å². The van der Waals surface area contributed by atoms with Gasteiger partial charge >= 0.3 is 0 Å². The molecule has 0 radical (unpaired) electrons. The van der Waals surface area contributed by atoms with Gasteiger partial charge in [0.1, 0.15) is 5.58 Å². The third-order valence-corrected chi connectivity index (χ3v) is 3.93. The van der Waals surface area contributed by atoms with E-state index in [4.69, 9.17) is 9.15 Å². The van der Waals surface area contributed by atoms with Crippen molar-refractivity contribution in [2.45, 2.75) is 38.8 Å². The second-order valence-electron chi connectivity index (χ2n) is 5.37. The fraction of sp³-hybridized carbons (Fsp3) is 0.438. The van der Waals surface area contributed by atoms with Gasteiger partial charge in [0.25, 0.3) is 5.91 Å². The van der Waals surface area contributed by atoms with Gasteiger partial charge in [0.15, 0.2) is 5.76 Å². The van der Waals surface area contributed by atoms with E-state index >= 15 is 0 Å². The lowest BCUT2D eigenvalue weighted by molar-refractivity contribution is 0.0697. The maximum atomic E-state index is 12.3. The van der Waals surface area contributed by atoms with Crippen LogP contribution < -0.4 is 5.32 Å². The van der Waals surface area contributed by atoms with Gasteiger partial charge in [-0.25, -0.2) is 0 Å². The van der Waals surface area contributed by atoms with Crippen molar-refractivity contribution in [3.8, 4) is 0 Å². The molecular weight excluding hydrogens is 254 g/mol. The quantitative estimate of drug-likeness (QED) is 0.935. The van der Waals surface area contributed by atoms with Gasteiger partial charge in [-0.2, -0.15) is 0 Å². The van der Waals surface area contributed by atoms with Crippen LogP contribution in [0.15, 0.2) is 28.7 Å². The van der Waals surface area contributed by atoms with E-state index < -0.39 is 0 Å².